The predicted molar refractivity (Wildman–Crippen MR) is 143 cm³/mol. The summed E-state index contributed by atoms with van der Waals surface area (Å²) in [5.74, 6) is 1.13. The van der Waals surface area contributed by atoms with Crippen molar-refractivity contribution in [2.24, 2.45) is 0 Å². The Morgan fingerprint density at radius 2 is 1.29 bits per heavy atom. The summed E-state index contributed by atoms with van der Waals surface area (Å²) < 4.78 is 27.8. The quantitative estimate of drug-likeness (QED) is 0.296. The van der Waals surface area contributed by atoms with Gasteiger partial charge in [-0.15, -0.1) is 0 Å². The number of aliphatic carboxylic acids is 1. The normalized spacial score (nSPS) is 13.3. The molecule has 0 saturated heterocycles. The smallest absolute Gasteiger partial charge is 0.335 e. The van der Waals surface area contributed by atoms with Gasteiger partial charge >= 0.3 is 5.97 Å². The minimum atomic E-state index is -1.76. The molecule has 0 saturated carbocycles. The average Bonchev–Trinajstić information content (AvgIpc) is 2.96. The fourth-order valence-electron chi connectivity index (χ4n) is 4.57. The first-order chi connectivity index (χ1) is 18.4. The third-order valence-electron chi connectivity index (χ3n) is 6.60. The molecule has 0 spiro atoms. The van der Waals surface area contributed by atoms with Crippen LogP contribution in [0.25, 0.3) is 0 Å². The van der Waals surface area contributed by atoms with Crippen molar-refractivity contribution in [2.45, 2.75) is 37.4 Å². The highest BCUT2D eigenvalue weighted by Crippen LogP contribution is 2.37. The monoisotopic (exact) mass is 524 g/mol. The van der Waals surface area contributed by atoms with Crippen LogP contribution in [0, 0.1) is 0 Å². The Bertz CT molecular complexity index is 1120. The van der Waals surface area contributed by atoms with E-state index < -0.39 is 17.7 Å². The number of carboxylic acids is 1. The Morgan fingerprint density at radius 3 is 1.79 bits per heavy atom. The Balaban J connectivity index is 1.84. The Kier molecular flexibility index (Phi) is 10.4. The number of aryl methyl sites for hydroxylation is 1. The summed E-state index contributed by atoms with van der Waals surface area (Å²) in [7, 11) is 6.31. The molecule has 0 aromatic heterocycles. The zero-order valence-corrected chi connectivity index (χ0v) is 22.3. The molecule has 204 valence electrons. The van der Waals surface area contributed by atoms with E-state index in [0.29, 0.717) is 47.8 Å². The molecule has 0 heterocycles. The van der Waals surface area contributed by atoms with E-state index in [2.05, 4.69) is 0 Å². The van der Waals surface area contributed by atoms with Crippen molar-refractivity contribution in [3.63, 3.8) is 0 Å². The molecule has 38 heavy (non-hydrogen) atoms. The van der Waals surface area contributed by atoms with Crippen LogP contribution in [-0.4, -0.2) is 57.3 Å². The van der Waals surface area contributed by atoms with Crippen molar-refractivity contribution in [2.75, 3.05) is 35.0 Å². The third-order valence-corrected chi connectivity index (χ3v) is 6.60. The van der Waals surface area contributed by atoms with Gasteiger partial charge in [-0.2, -0.15) is 0 Å². The number of hydrogen-bond donors (Lipinski definition) is 2. The fraction of sp³-hybridized carbons (Fsp3) is 0.367. The molecule has 0 amide bonds. The molecule has 3 aromatic carbocycles. The molecular formula is C30H36O8. The van der Waals surface area contributed by atoms with Crippen LogP contribution in [0.5, 0.6) is 23.0 Å². The van der Waals surface area contributed by atoms with Gasteiger partial charge in [-0.25, -0.2) is 4.79 Å². The lowest BCUT2D eigenvalue weighted by Gasteiger charge is -2.37. The van der Waals surface area contributed by atoms with E-state index in [1.165, 1.54) is 0 Å². The summed E-state index contributed by atoms with van der Waals surface area (Å²) in [6.07, 6.45) is 0.188. The van der Waals surface area contributed by atoms with Crippen LogP contribution in [0.2, 0.25) is 0 Å². The summed E-state index contributed by atoms with van der Waals surface area (Å²) in [4.78, 5) is 12.1. The van der Waals surface area contributed by atoms with Crippen molar-refractivity contribution in [3.8, 4) is 23.0 Å². The summed E-state index contributed by atoms with van der Waals surface area (Å²) in [5.41, 5.74) is 1.09. The molecule has 2 unspecified atom stereocenters. The first-order valence-electron chi connectivity index (χ1n) is 12.4. The summed E-state index contributed by atoms with van der Waals surface area (Å²) in [6, 6.07) is 20.3. The topological polar surface area (TPSA) is 104 Å². The van der Waals surface area contributed by atoms with Gasteiger partial charge in [0.1, 0.15) is 5.60 Å². The number of rotatable bonds is 15. The van der Waals surface area contributed by atoms with Gasteiger partial charge in [0, 0.05) is 0 Å². The zero-order chi connectivity index (χ0) is 27.5. The molecule has 3 aromatic rings. The predicted octanol–water partition coefficient (Wildman–Crippen LogP) is 4.64. The number of methoxy groups -OCH3 is 4. The van der Waals surface area contributed by atoms with Crippen LogP contribution in [0.15, 0.2) is 66.7 Å². The second-order valence-corrected chi connectivity index (χ2v) is 8.83. The molecule has 2 atom stereocenters. The van der Waals surface area contributed by atoms with Gasteiger partial charge in [-0.05, 0) is 66.6 Å². The number of carboxylic acid groups (broad SMARTS) is 1. The number of aliphatic hydroxyl groups excluding tert-OH is 1. The largest absolute Gasteiger partial charge is 0.493 e. The van der Waals surface area contributed by atoms with E-state index in [4.69, 9.17) is 23.7 Å². The van der Waals surface area contributed by atoms with Gasteiger partial charge in [0.2, 0.25) is 0 Å². The average molecular weight is 525 g/mol. The number of ether oxygens (including phenoxy) is 5. The second-order valence-electron chi connectivity index (χ2n) is 8.83. The number of hydrogen-bond acceptors (Lipinski definition) is 7. The molecule has 0 aliphatic rings. The molecule has 0 aliphatic carbocycles. The minimum absolute atomic E-state index is 0.186. The van der Waals surface area contributed by atoms with Crippen molar-refractivity contribution in [1.29, 1.82) is 0 Å². The van der Waals surface area contributed by atoms with E-state index in [1.54, 1.807) is 40.6 Å². The van der Waals surface area contributed by atoms with Crippen LogP contribution in [-0.2, 0) is 28.0 Å². The third kappa shape index (κ3) is 6.76. The molecule has 0 radical (unpaired) electrons. The maximum Gasteiger partial charge on any atom is 0.335 e. The van der Waals surface area contributed by atoms with E-state index in [0.717, 1.165) is 11.1 Å². The van der Waals surface area contributed by atoms with Crippen LogP contribution in [0.3, 0.4) is 0 Å². The van der Waals surface area contributed by atoms with Crippen molar-refractivity contribution in [3.05, 3.63) is 83.4 Å². The summed E-state index contributed by atoms with van der Waals surface area (Å²) in [6.45, 7) is 0.186. The molecule has 8 nitrogen and oxygen atoms in total. The maximum absolute atomic E-state index is 12.1. The molecule has 0 aliphatic heterocycles. The van der Waals surface area contributed by atoms with Crippen LogP contribution in [0.1, 0.15) is 29.5 Å². The van der Waals surface area contributed by atoms with Gasteiger partial charge in [0.15, 0.2) is 29.1 Å². The first-order valence-corrected chi connectivity index (χ1v) is 12.4. The van der Waals surface area contributed by atoms with Crippen LogP contribution in [0.4, 0.5) is 0 Å². The number of carbonyl (C=O) groups is 1. The molecule has 0 bridgehead atoms. The lowest BCUT2D eigenvalue weighted by molar-refractivity contribution is -0.177. The Morgan fingerprint density at radius 1 is 0.763 bits per heavy atom. The summed E-state index contributed by atoms with van der Waals surface area (Å²) in [5, 5.41) is 20.9. The molecule has 3 rings (SSSR count). The first kappa shape index (κ1) is 28.8. The highest BCUT2D eigenvalue weighted by atomic mass is 16.5. The Labute approximate surface area is 223 Å². The number of benzene rings is 3. The standard InChI is InChI=1S/C30H36O8/c1-34-24-14-12-21(19-26(24)36-3)9-8-17-30(28(31)29(32)33,23-10-6-5-7-11-23)38-18-16-22-13-15-25(35-2)27(20-22)37-4/h5-7,10-15,19-20,28,31H,8-9,16-18H2,1-4H3,(H,32,33). The van der Waals surface area contributed by atoms with Gasteiger partial charge in [-0.1, -0.05) is 42.5 Å². The molecular weight excluding hydrogens is 488 g/mol. The van der Waals surface area contributed by atoms with E-state index in [-0.39, 0.29) is 13.0 Å². The SMILES string of the molecule is COc1ccc(CCCC(OCCc2ccc(OC)c(OC)c2)(c2ccccc2)C(O)C(=O)O)cc1OC. The van der Waals surface area contributed by atoms with E-state index >= 15 is 0 Å². The summed E-state index contributed by atoms with van der Waals surface area (Å²) >= 11 is 0. The molecule has 2 N–H and O–H groups in total. The van der Waals surface area contributed by atoms with Gasteiger partial charge in [0.25, 0.3) is 0 Å². The van der Waals surface area contributed by atoms with Crippen molar-refractivity contribution < 1.29 is 38.7 Å². The Hall–Kier alpha value is -3.75. The minimum Gasteiger partial charge on any atom is -0.493 e. The molecule has 8 heteroatoms. The lowest BCUT2D eigenvalue weighted by atomic mass is 9.82. The molecule has 0 fully saturated rings. The van der Waals surface area contributed by atoms with Crippen molar-refractivity contribution in [1.82, 2.24) is 0 Å². The highest BCUT2D eigenvalue weighted by molar-refractivity contribution is 5.74. The van der Waals surface area contributed by atoms with Crippen LogP contribution >= 0.6 is 0 Å². The maximum atomic E-state index is 12.1. The number of aliphatic hydroxyl groups is 1. The van der Waals surface area contributed by atoms with Crippen molar-refractivity contribution >= 4 is 5.97 Å². The van der Waals surface area contributed by atoms with Gasteiger partial charge in [-0.3, -0.25) is 0 Å². The highest BCUT2D eigenvalue weighted by Gasteiger charge is 2.44. The lowest BCUT2D eigenvalue weighted by Crippen LogP contribution is -2.47. The van der Waals surface area contributed by atoms with E-state index in [1.807, 2.05) is 54.6 Å². The zero-order valence-electron chi connectivity index (χ0n) is 22.3. The fourth-order valence-corrected chi connectivity index (χ4v) is 4.57. The second kappa shape index (κ2) is 13.7. The van der Waals surface area contributed by atoms with Crippen LogP contribution < -0.4 is 18.9 Å². The van der Waals surface area contributed by atoms with Gasteiger partial charge < -0.3 is 33.9 Å². The van der Waals surface area contributed by atoms with E-state index in [9.17, 15) is 15.0 Å². The van der Waals surface area contributed by atoms with Gasteiger partial charge in [0.05, 0.1) is 35.0 Å².